The maximum absolute atomic E-state index is 13.7. The van der Waals surface area contributed by atoms with Crippen LogP contribution in [0.15, 0.2) is 84.1 Å². The number of phenols is 2. The number of ether oxygens (including phenoxy) is 2. The van der Waals surface area contributed by atoms with Crippen LogP contribution in [0.2, 0.25) is 5.02 Å². The summed E-state index contributed by atoms with van der Waals surface area (Å²) in [6.07, 6.45) is 6.65. The second-order valence-electron chi connectivity index (χ2n) is 8.30. The van der Waals surface area contributed by atoms with Gasteiger partial charge < -0.3 is 30.3 Å². The van der Waals surface area contributed by atoms with E-state index in [-0.39, 0.29) is 17.3 Å². The Morgan fingerprint density at radius 3 is 2.05 bits per heavy atom. The minimum absolute atomic E-state index is 0.00830. The topological polar surface area (TPSA) is 100 Å². The molecule has 0 aromatic heterocycles. The third-order valence-corrected chi connectivity index (χ3v) is 6.32. The van der Waals surface area contributed by atoms with Gasteiger partial charge in [0.25, 0.3) is 0 Å². The Labute approximate surface area is 230 Å². The SMILES string of the molecule is COc1cc(/C=C/C(=O)C2=C(/C=C/c3ccc(O)c(OC)c3)NC(=S)NC2c2ccc(Cl)cc2)ccc1O. The van der Waals surface area contributed by atoms with E-state index < -0.39 is 6.04 Å². The molecule has 1 unspecified atom stereocenters. The highest BCUT2D eigenvalue weighted by molar-refractivity contribution is 7.80. The van der Waals surface area contributed by atoms with Crippen LogP contribution in [0, 0.1) is 0 Å². The zero-order valence-electron chi connectivity index (χ0n) is 20.6. The Bertz CT molecular complexity index is 1460. The van der Waals surface area contributed by atoms with Gasteiger partial charge >= 0.3 is 0 Å². The van der Waals surface area contributed by atoms with Crippen molar-refractivity contribution in [1.29, 1.82) is 0 Å². The molecular weight excluding hydrogens is 524 g/mol. The molecule has 3 aromatic rings. The second-order valence-corrected chi connectivity index (χ2v) is 9.15. The molecule has 0 spiro atoms. The molecule has 4 N–H and O–H groups in total. The van der Waals surface area contributed by atoms with Gasteiger partial charge in [-0.15, -0.1) is 0 Å². The van der Waals surface area contributed by atoms with E-state index >= 15 is 0 Å². The number of halogens is 1. The van der Waals surface area contributed by atoms with E-state index in [0.717, 1.165) is 11.1 Å². The number of benzene rings is 3. The van der Waals surface area contributed by atoms with Gasteiger partial charge in [-0.1, -0.05) is 48.0 Å². The van der Waals surface area contributed by atoms with E-state index in [1.165, 1.54) is 32.4 Å². The normalized spacial score (nSPS) is 15.4. The Kier molecular flexibility index (Phi) is 8.35. The smallest absolute Gasteiger partial charge is 0.186 e. The number of nitrogens with one attached hydrogen (secondary N) is 2. The fourth-order valence-electron chi connectivity index (χ4n) is 3.93. The van der Waals surface area contributed by atoms with Crippen LogP contribution in [0.1, 0.15) is 22.7 Å². The molecule has 0 amide bonds. The van der Waals surface area contributed by atoms with E-state index in [2.05, 4.69) is 10.6 Å². The lowest BCUT2D eigenvalue weighted by atomic mass is 9.91. The number of hydrogen-bond donors (Lipinski definition) is 4. The first-order valence-electron chi connectivity index (χ1n) is 11.5. The number of carbonyl (C=O) groups is 1. The number of ketones is 1. The molecule has 1 atom stereocenters. The predicted octanol–water partition coefficient (Wildman–Crippen LogP) is 5.54. The van der Waals surface area contributed by atoms with Gasteiger partial charge in [0.15, 0.2) is 33.9 Å². The van der Waals surface area contributed by atoms with Gasteiger partial charge in [-0.2, -0.15) is 0 Å². The largest absolute Gasteiger partial charge is 0.504 e. The van der Waals surface area contributed by atoms with Crippen molar-refractivity contribution in [1.82, 2.24) is 10.6 Å². The van der Waals surface area contributed by atoms with Crippen LogP contribution in [-0.2, 0) is 4.79 Å². The minimum atomic E-state index is -0.540. The summed E-state index contributed by atoms with van der Waals surface area (Å²) in [5.41, 5.74) is 3.18. The summed E-state index contributed by atoms with van der Waals surface area (Å²) in [6, 6.07) is 16.4. The molecule has 194 valence electrons. The van der Waals surface area contributed by atoms with Crippen LogP contribution in [0.25, 0.3) is 12.2 Å². The molecule has 0 fully saturated rings. The zero-order valence-corrected chi connectivity index (χ0v) is 22.1. The van der Waals surface area contributed by atoms with E-state index in [9.17, 15) is 15.0 Å². The third-order valence-electron chi connectivity index (χ3n) is 5.85. The molecule has 0 radical (unpaired) electrons. The fourth-order valence-corrected chi connectivity index (χ4v) is 4.29. The van der Waals surface area contributed by atoms with Crippen molar-refractivity contribution in [2.24, 2.45) is 0 Å². The minimum Gasteiger partial charge on any atom is -0.504 e. The van der Waals surface area contributed by atoms with Crippen LogP contribution in [-0.4, -0.2) is 35.3 Å². The Morgan fingerprint density at radius 1 is 0.895 bits per heavy atom. The third kappa shape index (κ3) is 6.16. The molecule has 7 nitrogen and oxygen atoms in total. The second kappa shape index (κ2) is 11.9. The number of aromatic hydroxyl groups is 2. The molecule has 3 aromatic carbocycles. The average molecular weight is 549 g/mol. The Hall–Kier alpha value is -4.27. The van der Waals surface area contributed by atoms with Crippen LogP contribution in [0.3, 0.4) is 0 Å². The summed E-state index contributed by atoms with van der Waals surface area (Å²) in [6.45, 7) is 0. The van der Waals surface area contributed by atoms with Crippen molar-refractivity contribution in [3.05, 3.63) is 106 Å². The monoisotopic (exact) mass is 548 g/mol. The summed E-state index contributed by atoms with van der Waals surface area (Å²) < 4.78 is 10.4. The first-order chi connectivity index (χ1) is 18.3. The van der Waals surface area contributed by atoms with Crippen molar-refractivity contribution in [2.75, 3.05) is 14.2 Å². The molecular formula is C29H25ClN2O5S. The highest BCUT2D eigenvalue weighted by Gasteiger charge is 2.29. The molecule has 1 aliphatic rings. The number of methoxy groups -OCH3 is 2. The van der Waals surface area contributed by atoms with Crippen molar-refractivity contribution < 1.29 is 24.5 Å². The highest BCUT2D eigenvalue weighted by Crippen LogP contribution is 2.31. The van der Waals surface area contributed by atoms with Crippen molar-refractivity contribution >= 4 is 46.9 Å². The first-order valence-corrected chi connectivity index (χ1v) is 12.3. The van der Waals surface area contributed by atoms with Crippen LogP contribution in [0.4, 0.5) is 0 Å². The van der Waals surface area contributed by atoms with E-state index in [0.29, 0.717) is 38.5 Å². The van der Waals surface area contributed by atoms with Crippen molar-refractivity contribution in [3.8, 4) is 23.0 Å². The number of thiocarbonyl (C=S) groups is 1. The molecule has 1 aliphatic heterocycles. The molecule has 0 saturated carbocycles. The molecule has 0 bridgehead atoms. The van der Waals surface area contributed by atoms with Crippen molar-refractivity contribution in [3.63, 3.8) is 0 Å². The van der Waals surface area contributed by atoms with E-state index in [1.807, 2.05) is 12.1 Å². The zero-order chi connectivity index (χ0) is 27.2. The fraction of sp³-hybridized carbons (Fsp3) is 0.103. The van der Waals surface area contributed by atoms with E-state index in [1.54, 1.807) is 54.6 Å². The summed E-state index contributed by atoms with van der Waals surface area (Å²) in [7, 11) is 2.93. The van der Waals surface area contributed by atoms with Gasteiger partial charge in [0, 0.05) is 16.3 Å². The van der Waals surface area contributed by atoms with Crippen LogP contribution >= 0.6 is 23.8 Å². The van der Waals surface area contributed by atoms with Gasteiger partial charge in [0.1, 0.15) is 0 Å². The average Bonchev–Trinajstić information content (AvgIpc) is 2.92. The van der Waals surface area contributed by atoms with Gasteiger partial charge in [0.05, 0.1) is 20.3 Å². The number of hydrogen-bond acceptors (Lipinski definition) is 6. The highest BCUT2D eigenvalue weighted by atomic mass is 35.5. The maximum atomic E-state index is 13.7. The lowest BCUT2D eigenvalue weighted by Gasteiger charge is -2.30. The first kappa shape index (κ1) is 26.8. The van der Waals surface area contributed by atoms with Gasteiger partial charge in [0.2, 0.25) is 0 Å². The quantitative estimate of drug-likeness (QED) is 0.215. The molecule has 9 heteroatoms. The van der Waals surface area contributed by atoms with E-state index in [4.69, 9.17) is 33.3 Å². The summed E-state index contributed by atoms with van der Waals surface area (Å²) in [4.78, 5) is 13.7. The molecule has 0 saturated heterocycles. The standard InChI is InChI=1S/C29H25ClN2O5S/c1-36-25-15-17(4-12-22(25)33)3-11-21-27(24(35)14-6-18-5-13-23(34)26(16-18)37-2)28(32-29(38)31-21)19-7-9-20(30)10-8-19/h3-16,28,33-34H,1-2H3,(H2,31,32,38)/b11-3+,14-6+. The maximum Gasteiger partial charge on any atom is 0.186 e. The lowest BCUT2D eigenvalue weighted by Crippen LogP contribution is -2.44. The van der Waals surface area contributed by atoms with Crippen LogP contribution in [0.5, 0.6) is 23.0 Å². The van der Waals surface area contributed by atoms with Gasteiger partial charge in [-0.3, -0.25) is 4.79 Å². The van der Waals surface area contributed by atoms with Crippen LogP contribution < -0.4 is 20.1 Å². The summed E-state index contributed by atoms with van der Waals surface area (Å²) >= 11 is 11.6. The lowest BCUT2D eigenvalue weighted by molar-refractivity contribution is -0.111. The summed E-state index contributed by atoms with van der Waals surface area (Å²) in [5.74, 6) is 0.408. The summed E-state index contributed by atoms with van der Waals surface area (Å²) in [5, 5.41) is 27.0. The number of allylic oxidation sites excluding steroid dienone is 2. The molecule has 38 heavy (non-hydrogen) atoms. The Morgan fingerprint density at radius 2 is 1.47 bits per heavy atom. The molecule has 0 aliphatic carbocycles. The molecule has 1 heterocycles. The van der Waals surface area contributed by atoms with Gasteiger partial charge in [-0.05, 0) is 77.5 Å². The molecule has 4 rings (SSSR count). The number of phenolic OH excluding ortho intramolecular Hbond substituents is 2. The van der Waals surface area contributed by atoms with Gasteiger partial charge in [-0.25, -0.2) is 0 Å². The predicted molar refractivity (Wildman–Crippen MR) is 152 cm³/mol. The Balaban J connectivity index is 1.77. The number of rotatable bonds is 8. The number of carbonyl (C=O) groups excluding carboxylic acids is 1. The van der Waals surface area contributed by atoms with Crippen molar-refractivity contribution in [2.45, 2.75) is 6.04 Å².